The van der Waals surface area contributed by atoms with E-state index in [1.165, 1.54) is 25.4 Å². The van der Waals surface area contributed by atoms with Gasteiger partial charge < -0.3 is 15.2 Å². The van der Waals surface area contributed by atoms with E-state index in [-0.39, 0.29) is 33.3 Å². The number of methoxy groups -OCH3 is 1. The molecule has 36 heavy (non-hydrogen) atoms. The van der Waals surface area contributed by atoms with Gasteiger partial charge in [0.05, 0.1) is 28.2 Å². The maximum atomic E-state index is 14.4. The molecule has 1 unspecified atom stereocenters. The number of aliphatic carboxylic acids is 1. The van der Waals surface area contributed by atoms with Gasteiger partial charge in [-0.15, -0.1) is 0 Å². The molecule has 1 aromatic heterocycles. The molecule has 6 nitrogen and oxygen atoms in total. The van der Waals surface area contributed by atoms with Crippen LogP contribution >= 0.6 is 23.2 Å². The van der Waals surface area contributed by atoms with Crippen LogP contribution in [0.15, 0.2) is 60.8 Å². The fourth-order valence-corrected chi connectivity index (χ4v) is 4.53. The third-order valence-corrected chi connectivity index (χ3v) is 6.20. The Bertz CT molecular complexity index is 1480. The Labute approximate surface area is 214 Å². The molecule has 4 aromatic rings. The highest BCUT2D eigenvalue weighted by Gasteiger charge is 2.25. The molecule has 0 fully saturated rings. The van der Waals surface area contributed by atoms with Crippen molar-refractivity contribution in [1.29, 1.82) is 0 Å². The van der Waals surface area contributed by atoms with Crippen molar-refractivity contribution in [2.75, 3.05) is 7.11 Å². The smallest absolute Gasteiger partial charge is 0.326 e. The number of carbonyl (C=O) groups excluding carboxylic acids is 1. The Balaban J connectivity index is 1.74. The van der Waals surface area contributed by atoms with E-state index in [0.717, 1.165) is 12.1 Å². The molecule has 0 saturated heterocycles. The lowest BCUT2D eigenvalue weighted by molar-refractivity contribution is -0.139. The fourth-order valence-electron chi connectivity index (χ4n) is 3.96. The number of nitrogens with zero attached hydrogens (tertiary/aromatic N) is 1. The van der Waals surface area contributed by atoms with Crippen LogP contribution in [0.3, 0.4) is 0 Å². The summed E-state index contributed by atoms with van der Waals surface area (Å²) >= 11 is 12.2. The van der Waals surface area contributed by atoms with E-state index in [1.54, 1.807) is 30.3 Å². The molecule has 3 aromatic carbocycles. The number of carboxylic acid groups (broad SMARTS) is 1. The van der Waals surface area contributed by atoms with E-state index >= 15 is 0 Å². The number of rotatable bonds is 7. The average molecular weight is 531 g/mol. The van der Waals surface area contributed by atoms with Gasteiger partial charge in [-0.25, -0.2) is 13.6 Å². The van der Waals surface area contributed by atoms with Gasteiger partial charge in [0.15, 0.2) is 11.6 Å². The summed E-state index contributed by atoms with van der Waals surface area (Å²) in [7, 11) is 1.28. The highest BCUT2D eigenvalue weighted by atomic mass is 35.5. The number of hydrogen-bond donors (Lipinski definition) is 2. The number of hydrogen-bond acceptors (Lipinski definition) is 4. The van der Waals surface area contributed by atoms with Crippen molar-refractivity contribution in [1.82, 2.24) is 10.3 Å². The quantitative estimate of drug-likeness (QED) is 0.309. The summed E-state index contributed by atoms with van der Waals surface area (Å²) in [5.74, 6) is -3.81. The van der Waals surface area contributed by atoms with Gasteiger partial charge in [-0.05, 0) is 35.4 Å². The van der Waals surface area contributed by atoms with Gasteiger partial charge in [-0.3, -0.25) is 9.78 Å². The molecule has 184 valence electrons. The topological polar surface area (TPSA) is 88.5 Å². The van der Waals surface area contributed by atoms with Gasteiger partial charge in [-0.2, -0.15) is 0 Å². The lowest BCUT2D eigenvalue weighted by atomic mass is 9.94. The molecule has 1 atom stereocenters. The number of carbonyl (C=O) groups is 2. The number of amides is 1. The summed E-state index contributed by atoms with van der Waals surface area (Å²) in [6.45, 7) is 0. The zero-order valence-corrected chi connectivity index (χ0v) is 20.2. The summed E-state index contributed by atoms with van der Waals surface area (Å²) in [6, 6.07) is 11.6. The van der Waals surface area contributed by atoms with E-state index < -0.39 is 29.6 Å². The van der Waals surface area contributed by atoms with Gasteiger partial charge >= 0.3 is 5.97 Å². The Morgan fingerprint density at radius 2 is 1.78 bits per heavy atom. The molecule has 10 heteroatoms. The predicted octanol–water partition coefficient (Wildman–Crippen LogP) is 5.92. The second kappa shape index (κ2) is 10.5. The molecular weight excluding hydrogens is 513 g/mol. The second-order valence-electron chi connectivity index (χ2n) is 7.81. The lowest BCUT2D eigenvalue weighted by Crippen LogP contribution is -2.42. The van der Waals surface area contributed by atoms with Crippen LogP contribution < -0.4 is 10.1 Å². The molecule has 0 aliphatic heterocycles. The van der Waals surface area contributed by atoms with Crippen LogP contribution in [0.25, 0.3) is 22.0 Å². The van der Waals surface area contributed by atoms with Gasteiger partial charge in [0, 0.05) is 29.6 Å². The Hall–Kier alpha value is -3.75. The molecule has 0 aliphatic rings. The highest BCUT2D eigenvalue weighted by Crippen LogP contribution is 2.38. The third kappa shape index (κ3) is 4.96. The summed E-state index contributed by atoms with van der Waals surface area (Å²) in [6.07, 6.45) is 1.38. The number of halogens is 4. The first-order valence-electron chi connectivity index (χ1n) is 10.6. The molecular formula is C26H18Cl2F2N2O4. The molecule has 0 aliphatic carbocycles. The van der Waals surface area contributed by atoms with Crippen LogP contribution in [0.5, 0.6) is 5.75 Å². The highest BCUT2D eigenvalue weighted by molar-refractivity contribution is 6.39. The standard InChI is InChI=1S/C26H18Cl2F2N2O4/c1-36-24-17(11-14(29)12-20(24)30)15-8-7-13(23-16(15)4-3-9-31-23)10-21(26(34)35)32-25(33)22-18(27)5-2-6-19(22)28/h2-9,11-12,21H,10H2,1H3,(H,32,33)(H,34,35). The molecule has 1 heterocycles. The first-order chi connectivity index (χ1) is 17.2. The fraction of sp³-hybridized carbons (Fsp3) is 0.115. The van der Waals surface area contributed by atoms with Crippen LogP contribution in [0.1, 0.15) is 15.9 Å². The number of fused-ring (bicyclic) bond motifs is 1. The van der Waals surface area contributed by atoms with Crippen molar-refractivity contribution in [3.8, 4) is 16.9 Å². The number of ether oxygens (including phenoxy) is 1. The van der Waals surface area contributed by atoms with Crippen LogP contribution in [0, 0.1) is 11.6 Å². The van der Waals surface area contributed by atoms with Crippen molar-refractivity contribution in [3.05, 3.63) is 93.6 Å². The molecule has 4 rings (SSSR count). The van der Waals surface area contributed by atoms with Gasteiger partial charge in [0.25, 0.3) is 5.91 Å². The lowest BCUT2D eigenvalue weighted by Gasteiger charge is -2.18. The summed E-state index contributed by atoms with van der Waals surface area (Å²) in [5, 5.41) is 12.9. The summed E-state index contributed by atoms with van der Waals surface area (Å²) in [5.41, 5.74) is 1.47. The number of pyridine rings is 1. The molecule has 1 amide bonds. The van der Waals surface area contributed by atoms with E-state index in [4.69, 9.17) is 27.9 Å². The van der Waals surface area contributed by atoms with Crippen LogP contribution in [0.2, 0.25) is 10.0 Å². The van der Waals surface area contributed by atoms with Gasteiger partial charge in [0.2, 0.25) is 0 Å². The van der Waals surface area contributed by atoms with Crippen LogP contribution in [-0.4, -0.2) is 35.1 Å². The summed E-state index contributed by atoms with van der Waals surface area (Å²) < 4.78 is 33.6. The minimum absolute atomic E-state index is 0.0364. The minimum Gasteiger partial charge on any atom is -0.493 e. The Kier molecular flexibility index (Phi) is 7.37. The summed E-state index contributed by atoms with van der Waals surface area (Å²) in [4.78, 5) is 29.2. The normalized spacial score (nSPS) is 11.8. The molecule has 0 bridgehead atoms. The average Bonchev–Trinajstić information content (AvgIpc) is 2.83. The maximum absolute atomic E-state index is 14.4. The van der Waals surface area contributed by atoms with Crippen LogP contribution in [0.4, 0.5) is 8.78 Å². The first-order valence-corrected chi connectivity index (χ1v) is 11.3. The second-order valence-corrected chi connectivity index (χ2v) is 8.62. The van der Waals surface area contributed by atoms with E-state index in [1.807, 2.05) is 0 Å². The number of benzene rings is 3. The third-order valence-electron chi connectivity index (χ3n) is 5.57. The molecule has 2 N–H and O–H groups in total. The van der Waals surface area contributed by atoms with E-state index in [2.05, 4.69) is 10.3 Å². The number of carboxylic acids is 1. The monoisotopic (exact) mass is 530 g/mol. The first kappa shape index (κ1) is 25.3. The minimum atomic E-state index is -1.35. The zero-order chi connectivity index (χ0) is 26.0. The largest absolute Gasteiger partial charge is 0.493 e. The van der Waals surface area contributed by atoms with Crippen molar-refractivity contribution in [3.63, 3.8) is 0 Å². The predicted molar refractivity (Wildman–Crippen MR) is 133 cm³/mol. The van der Waals surface area contributed by atoms with E-state index in [0.29, 0.717) is 22.0 Å². The maximum Gasteiger partial charge on any atom is 0.326 e. The van der Waals surface area contributed by atoms with Crippen molar-refractivity contribution in [2.45, 2.75) is 12.5 Å². The Morgan fingerprint density at radius 1 is 1.06 bits per heavy atom. The SMILES string of the molecule is COc1c(F)cc(F)cc1-c1ccc(CC(NC(=O)c2c(Cl)cccc2Cl)C(=O)O)c2ncccc12. The van der Waals surface area contributed by atoms with Crippen molar-refractivity contribution < 1.29 is 28.2 Å². The number of aromatic nitrogens is 1. The van der Waals surface area contributed by atoms with E-state index in [9.17, 15) is 23.5 Å². The van der Waals surface area contributed by atoms with Gasteiger partial charge in [-0.1, -0.05) is 47.5 Å². The van der Waals surface area contributed by atoms with Crippen LogP contribution in [-0.2, 0) is 11.2 Å². The molecule has 0 radical (unpaired) electrons. The Morgan fingerprint density at radius 3 is 2.44 bits per heavy atom. The number of nitrogens with one attached hydrogen (secondary N) is 1. The van der Waals surface area contributed by atoms with Crippen molar-refractivity contribution >= 4 is 46.0 Å². The van der Waals surface area contributed by atoms with Crippen molar-refractivity contribution in [2.24, 2.45) is 0 Å². The zero-order valence-electron chi connectivity index (χ0n) is 18.7. The van der Waals surface area contributed by atoms with Gasteiger partial charge in [0.1, 0.15) is 11.9 Å². The molecule has 0 saturated carbocycles. The molecule has 0 spiro atoms.